The van der Waals surface area contributed by atoms with Crippen molar-refractivity contribution in [2.75, 3.05) is 32.8 Å². The second-order valence-corrected chi connectivity index (χ2v) is 4.30. The summed E-state index contributed by atoms with van der Waals surface area (Å²) in [5.74, 6) is -0.336. The summed E-state index contributed by atoms with van der Waals surface area (Å²) in [5.41, 5.74) is 1.17. The van der Waals surface area contributed by atoms with Crippen LogP contribution >= 0.6 is 0 Å². The summed E-state index contributed by atoms with van der Waals surface area (Å²) in [6.07, 6.45) is 1.67. The number of morpholine rings is 1. The van der Waals surface area contributed by atoms with Crippen molar-refractivity contribution >= 4 is 11.2 Å². The zero-order valence-corrected chi connectivity index (χ0v) is 10.0. The monoisotopic (exact) mass is 249 g/mol. The number of oxazole rings is 1. The molecule has 2 aromatic rings. The molecule has 0 saturated carbocycles. The summed E-state index contributed by atoms with van der Waals surface area (Å²) in [4.78, 5) is 18.2. The number of hydrogen-bond donors (Lipinski definition) is 0. The number of ether oxygens (including phenoxy) is 1. The Labute approximate surface area is 104 Å². The van der Waals surface area contributed by atoms with E-state index in [1.807, 2.05) is 0 Å². The van der Waals surface area contributed by atoms with Crippen LogP contribution in [-0.4, -0.2) is 47.3 Å². The topological polar surface area (TPSA) is 60.5 Å². The minimum absolute atomic E-state index is 0.336. The molecule has 0 unspecified atom stereocenters. The number of hydrogen-bond acceptors (Lipinski definition) is 5. The van der Waals surface area contributed by atoms with Crippen molar-refractivity contribution < 1.29 is 9.15 Å². The van der Waals surface area contributed by atoms with Gasteiger partial charge in [-0.3, -0.25) is 9.47 Å². The molecule has 0 amide bonds. The van der Waals surface area contributed by atoms with Gasteiger partial charge in [-0.05, 0) is 12.1 Å². The zero-order chi connectivity index (χ0) is 12.4. The van der Waals surface area contributed by atoms with Gasteiger partial charge in [-0.2, -0.15) is 0 Å². The smallest absolute Gasteiger partial charge is 0.406 e. The Morgan fingerprint density at radius 1 is 1.28 bits per heavy atom. The quantitative estimate of drug-likeness (QED) is 0.784. The lowest BCUT2D eigenvalue weighted by atomic mass is 10.4. The Morgan fingerprint density at radius 2 is 2.11 bits per heavy atom. The molecule has 0 aliphatic carbocycles. The van der Waals surface area contributed by atoms with E-state index in [1.54, 1.807) is 22.9 Å². The van der Waals surface area contributed by atoms with Crippen LogP contribution in [0.1, 0.15) is 0 Å². The summed E-state index contributed by atoms with van der Waals surface area (Å²) in [6.45, 7) is 4.77. The van der Waals surface area contributed by atoms with E-state index < -0.39 is 0 Å². The van der Waals surface area contributed by atoms with Crippen molar-refractivity contribution in [3.8, 4) is 0 Å². The first-order valence-electron chi connectivity index (χ1n) is 6.09. The van der Waals surface area contributed by atoms with Crippen molar-refractivity contribution in [3.63, 3.8) is 0 Å². The maximum Gasteiger partial charge on any atom is 0.421 e. The lowest BCUT2D eigenvalue weighted by Gasteiger charge is -2.26. The lowest BCUT2D eigenvalue weighted by Crippen LogP contribution is -2.39. The summed E-state index contributed by atoms with van der Waals surface area (Å²) >= 11 is 0. The highest BCUT2D eigenvalue weighted by atomic mass is 16.5. The van der Waals surface area contributed by atoms with Crippen molar-refractivity contribution in [3.05, 3.63) is 28.9 Å². The van der Waals surface area contributed by atoms with Crippen LogP contribution in [-0.2, 0) is 11.3 Å². The van der Waals surface area contributed by atoms with E-state index in [-0.39, 0.29) is 5.76 Å². The van der Waals surface area contributed by atoms with E-state index in [4.69, 9.17) is 9.15 Å². The number of rotatable bonds is 3. The molecule has 96 valence electrons. The van der Waals surface area contributed by atoms with Gasteiger partial charge >= 0.3 is 5.76 Å². The first-order valence-corrected chi connectivity index (χ1v) is 6.09. The molecule has 0 bridgehead atoms. The van der Waals surface area contributed by atoms with Gasteiger partial charge in [-0.1, -0.05) is 0 Å². The van der Waals surface area contributed by atoms with Crippen LogP contribution in [0, 0.1) is 0 Å². The molecule has 1 aliphatic rings. The molecule has 1 fully saturated rings. The number of aromatic nitrogens is 2. The minimum atomic E-state index is -0.336. The molecule has 6 nitrogen and oxygen atoms in total. The number of pyridine rings is 1. The Bertz CT molecular complexity index is 584. The third-order valence-corrected chi connectivity index (χ3v) is 3.17. The van der Waals surface area contributed by atoms with Crippen LogP contribution in [0.25, 0.3) is 11.2 Å². The second-order valence-electron chi connectivity index (χ2n) is 4.30. The third-order valence-electron chi connectivity index (χ3n) is 3.17. The third kappa shape index (κ3) is 2.16. The molecule has 0 radical (unpaired) electrons. The van der Waals surface area contributed by atoms with Crippen LogP contribution in [0.4, 0.5) is 0 Å². The average Bonchev–Trinajstić information content (AvgIpc) is 2.73. The fourth-order valence-electron chi connectivity index (χ4n) is 2.16. The molecule has 3 heterocycles. The van der Waals surface area contributed by atoms with Gasteiger partial charge in [0.2, 0.25) is 0 Å². The molecule has 1 aliphatic heterocycles. The molecule has 0 aromatic carbocycles. The Hall–Kier alpha value is -1.66. The molecule has 0 N–H and O–H groups in total. The number of nitrogens with zero attached hydrogens (tertiary/aromatic N) is 3. The SMILES string of the molecule is O=c1oc2cccnc2n1CCN1CCOCC1. The van der Waals surface area contributed by atoms with Crippen LogP contribution < -0.4 is 5.76 Å². The summed E-state index contributed by atoms with van der Waals surface area (Å²) in [5, 5.41) is 0. The zero-order valence-electron chi connectivity index (χ0n) is 10.0. The largest absolute Gasteiger partial charge is 0.421 e. The maximum absolute atomic E-state index is 11.7. The summed E-state index contributed by atoms with van der Waals surface area (Å²) in [6, 6.07) is 3.52. The number of fused-ring (bicyclic) bond motifs is 1. The molecular weight excluding hydrogens is 234 g/mol. The fourth-order valence-corrected chi connectivity index (χ4v) is 2.16. The fraction of sp³-hybridized carbons (Fsp3) is 0.500. The van der Waals surface area contributed by atoms with E-state index in [2.05, 4.69) is 9.88 Å². The Balaban J connectivity index is 1.77. The van der Waals surface area contributed by atoms with Crippen LogP contribution in [0.5, 0.6) is 0 Å². The van der Waals surface area contributed by atoms with Gasteiger partial charge in [0.05, 0.1) is 13.2 Å². The molecule has 6 heteroatoms. The van der Waals surface area contributed by atoms with E-state index in [9.17, 15) is 4.79 Å². The van der Waals surface area contributed by atoms with Crippen molar-refractivity contribution in [2.24, 2.45) is 0 Å². The molecule has 0 spiro atoms. The van der Waals surface area contributed by atoms with Gasteiger partial charge in [0.15, 0.2) is 11.2 Å². The van der Waals surface area contributed by atoms with Gasteiger partial charge < -0.3 is 9.15 Å². The minimum Gasteiger partial charge on any atom is -0.406 e. The van der Waals surface area contributed by atoms with Crippen molar-refractivity contribution in [1.82, 2.24) is 14.5 Å². The van der Waals surface area contributed by atoms with Crippen molar-refractivity contribution in [1.29, 1.82) is 0 Å². The molecule has 18 heavy (non-hydrogen) atoms. The summed E-state index contributed by atoms with van der Waals surface area (Å²) < 4.78 is 12.0. The molecule has 0 atom stereocenters. The lowest BCUT2D eigenvalue weighted by molar-refractivity contribution is 0.0363. The van der Waals surface area contributed by atoms with E-state index >= 15 is 0 Å². The van der Waals surface area contributed by atoms with E-state index in [0.29, 0.717) is 17.8 Å². The van der Waals surface area contributed by atoms with E-state index in [0.717, 1.165) is 32.8 Å². The van der Waals surface area contributed by atoms with E-state index in [1.165, 1.54) is 0 Å². The molecular formula is C12H15N3O3. The van der Waals surface area contributed by atoms with Crippen molar-refractivity contribution in [2.45, 2.75) is 6.54 Å². The van der Waals surface area contributed by atoms with Gasteiger partial charge in [0.1, 0.15) is 0 Å². The van der Waals surface area contributed by atoms with Crippen LogP contribution in [0.3, 0.4) is 0 Å². The Kier molecular flexibility index (Phi) is 3.12. The average molecular weight is 249 g/mol. The first-order chi connectivity index (χ1) is 8.84. The molecule has 1 saturated heterocycles. The summed E-state index contributed by atoms with van der Waals surface area (Å²) in [7, 11) is 0. The highest BCUT2D eigenvalue weighted by Crippen LogP contribution is 2.08. The molecule has 2 aromatic heterocycles. The van der Waals surface area contributed by atoms with Gasteiger partial charge in [0, 0.05) is 32.4 Å². The maximum atomic E-state index is 11.7. The van der Waals surface area contributed by atoms with Gasteiger partial charge in [0.25, 0.3) is 0 Å². The molecule has 3 rings (SSSR count). The van der Waals surface area contributed by atoms with Crippen LogP contribution in [0.15, 0.2) is 27.5 Å². The highest BCUT2D eigenvalue weighted by Gasteiger charge is 2.13. The standard InChI is InChI=1S/C12H15N3O3/c16-12-15(5-4-14-6-8-17-9-7-14)11-10(18-12)2-1-3-13-11/h1-3H,4-9H2. The van der Waals surface area contributed by atoms with Gasteiger partial charge in [-0.15, -0.1) is 0 Å². The normalized spacial score (nSPS) is 17.3. The van der Waals surface area contributed by atoms with Gasteiger partial charge in [-0.25, -0.2) is 9.78 Å². The first kappa shape index (κ1) is 11.4. The Morgan fingerprint density at radius 3 is 2.94 bits per heavy atom. The van der Waals surface area contributed by atoms with Crippen LogP contribution in [0.2, 0.25) is 0 Å². The highest BCUT2D eigenvalue weighted by molar-refractivity contribution is 5.67. The predicted molar refractivity (Wildman–Crippen MR) is 65.5 cm³/mol. The predicted octanol–water partition coefficient (Wildman–Crippen LogP) is 0.322. The second kappa shape index (κ2) is 4.91.